The lowest BCUT2D eigenvalue weighted by Gasteiger charge is -2.17. The Morgan fingerprint density at radius 3 is 1.92 bits per heavy atom. The van der Waals surface area contributed by atoms with Crippen LogP contribution in [0.1, 0.15) is 104 Å². The monoisotopic (exact) mass is 420 g/mol. The average molecular weight is 421 g/mol. The summed E-state index contributed by atoms with van der Waals surface area (Å²) in [5, 5.41) is 0.948. The molecule has 0 amide bonds. The van der Waals surface area contributed by atoms with Crippen LogP contribution in [0.15, 0.2) is 0 Å². The second kappa shape index (κ2) is 20.1. The molecule has 0 saturated heterocycles. The van der Waals surface area contributed by atoms with Crippen LogP contribution in [0.3, 0.4) is 0 Å². The molecule has 0 radical (unpaired) electrons. The van der Waals surface area contributed by atoms with E-state index in [0.29, 0.717) is 19.1 Å². The number of halogens is 1. The van der Waals surface area contributed by atoms with Crippen molar-refractivity contribution in [1.82, 2.24) is 0 Å². The lowest BCUT2D eigenvalue weighted by atomic mass is 9.95. The summed E-state index contributed by atoms with van der Waals surface area (Å²) in [6, 6.07) is 0. The summed E-state index contributed by atoms with van der Waals surface area (Å²) in [4.78, 5) is 11.7. The Kier molecular flexibility index (Phi) is 19.9. The van der Waals surface area contributed by atoms with Gasteiger partial charge in [0.2, 0.25) is 0 Å². The molecule has 0 aliphatic carbocycles. The predicted molar refractivity (Wildman–Crippen MR) is 111 cm³/mol. The lowest BCUT2D eigenvalue weighted by Crippen LogP contribution is -2.16. The predicted octanol–water partition coefficient (Wildman–Crippen LogP) is 7.65. The van der Waals surface area contributed by atoms with E-state index >= 15 is 0 Å². The third-order valence-electron chi connectivity index (χ3n) is 4.62. The van der Waals surface area contributed by atoms with Crippen molar-refractivity contribution in [3.05, 3.63) is 0 Å². The van der Waals surface area contributed by atoms with E-state index in [4.69, 9.17) is 9.47 Å². The molecular weight excluding hydrogens is 380 g/mol. The summed E-state index contributed by atoms with van der Waals surface area (Å²) < 4.78 is 10.5. The van der Waals surface area contributed by atoms with Crippen LogP contribution >= 0.6 is 15.9 Å². The zero-order valence-electron chi connectivity index (χ0n) is 16.7. The van der Waals surface area contributed by atoms with Crippen molar-refractivity contribution < 1.29 is 14.3 Å². The van der Waals surface area contributed by atoms with Gasteiger partial charge in [-0.2, -0.15) is 0 Å². The zero-order valence-corrected chi connectivity index (χ0v) is 18.3. The Morgan fingerprint density at radius 1 is 0.760 bits per heavy atom. The van der Waals surface area contributed by atoms with E-state index in [1.165, 1.54) is 77.0 Å². The number of unbranched alkanes of at least 4 members (excludes halogenated alkanes) is 9. The van der Waals surface area contributed by atoms with Crippen molar-refractivity contribution in [3.8, 4) is 0 Å². The number of alkyl halides is 1. The summed E-state index contributed by atoms with van der Waals surface area (Å²) in [6.45, 7) is 5.48. The van der Waals surface area contributed by atoms with E-state index in [9.17, 15) is 4.79 Å². The summed E-state index contributed by atoms with van der Waals surface area (Å²) >= 11 is 3.37. The molecule has 25 heavy (non-hydrogen) atoms. The molecule has 0 bridgehead atoms. The molecule has 0 saturated carbocycles. The number of rotatable bonds is 18. The molecule has 0 rings (SSSR count). The quantitative estimate of drug-likeness (QED) is 0.129. The SMILES string of the molecule is CCCCCCCCC(CCCCCC)COC(=O)OCCCCBr. The summed E-state index contributed by atoms with van der Waals surface area (Å²) in [7, 11) is 0. The van der Waals surface area contributed by atoms with Crippen molar-refractivity contribution in [3.63, 3.8) is 0 Å². The Hall–Kier alpha value is -0.250. The fraction of sp³-hybridized carbons (Fsp3) is 0.952. The fourth-order valence-corrected chi connectivity index (χ4v) is 3.36. The normalized spacial score (nSPS) is 12.1. The van der Waals surface area contributed by atoms with Gasteiger partial charge in [-0.3, -0.25) is 0 Å². The van der Waals surface area contributed by atoms with E-state index < -0.39 is 6.16 Å². The molecule has 1 atom stereocenters. The molecule has 0 aliphatic rings. The maximum atomic E-state index is 11.7. The first-order chi connectivity index (χ1) is 12.2. The smallest absolute Gasteiger partial charge is 0.434 e. The molecule has 0 heterocycles. The average Bonchev–Trinajstić information content (AvgIpc) is 2.62. The van der Waals surface area contributed by atoms with Gasteiger partial charge in [0.1, 0.15) is 0 Å². The van der Waals surface area contributed by atoms with E-state index in [-0.39, 0.29) is 0 Å². The van der Waals surface area contributed by atoms with Crippen LogP contribution in [0.25, 0.3) is 0 Å². The molecule has 0 aromatic heterocycles. The standard InChI is InChI=1S/C21H41BrO3/c1-3-5-7-9-10-12-16-20(15-11-8-6-4-2)19-25-21(23)24-18-14-13-17-22/h20H,3-19H2,1-2H3. The first-order valence-corrected chi connectivity index (χ1v) is 11.7. The van der Waals surface area contributed by atoms with E-state index in [1.807, 2.05) is 0 Å². The molecular formula is C21H41BrO3. The van der Waals surface area contributed by atoms with Gasteiger partial charge in [0.15, 0.2) is 0 Å². The Labute approximate surface area is 164 Å². The molecule has 0 N–H and O–H groups in total. The van der Waals surface area contributed by atoms with Gasteiger partial charge in [-0.05, 0) is 31.6 Å². The second-order valence-corrected chi connectivity index (χ2v) is 7.87. The first-order valence-electron chi connectivity index (χ1n) is 10.6. The van der Waals surface area contributed by atoms with Gasteiger partial charge in [0, 0.05) is 5.33 Å². The zero-order chi connectivity index (χ0) is 18.6. The first kappa shape index (κ1) is 24.8. The van der Waals surface area contributed by atoms with E-state index in [0.717, 1.165) is 18.2 Å². The van der Waals surface area contributed by atoms with Crippen molar-refractivity contribution in [1.29, 1.82) is 0 Å². The minimum atomic E-state index is -0.490. The molecule has 4 heteroatoms. The number of ether oxygens (including phenoxy) is 2. The molecule has 0 aliphatic heterocycles. The lowest BCUT2D eigenvalue weighted by molar-refractivity contribution is 0.0409. The number of hydrogen-bond donors (Lipinski definition) is 0. The molecule has 1 unspecified atom stereocenters. The third kappa shape index (κ3) is 18.3. The fourth-order valence-electron chi connectivity index (χ4n) is 2.96. The van der Waals surface area contributed by atoms with Gasteiger partial charge in [-0.1, -0.05) is 94.0 Å². The highest BCUT2D eigenvalue weighted by atomic mass is 79.9. The minimum absolute atomic E-state index is 0.461. The van der Waals surface area contributed by atoms with Crippen LogP contribution in [-0.4, -0.2) is 24.7 Å². The highest BCUT2D eigenvalue weighted by Crippen LogP contribution is 2.19. The van der Waals surface area contributed by atoms with Crippen LogP contribution in [0.4, 0.5) is 4.79 Å². The van der Waals surface area contributed by atoms with Crippen molar-refractivity contribution in [2.45, 2.75) is 104 Å². The molecule has 0 fully saturated rings. The molecule has 3 nitrogen and oxygen atoms in total. The van der Waals surface area contributed by atoms with Crippen LogP contribution in [0.2, 0.25) is 0 Å². The Bertz CT molecular complexity index is 284. The molecule has 0 aromatic rings. The van der Waals surface area contributed by atoms with Gasteiger partial charge < -0.3 is 9.47 Å². The topological polar surface area (TPSA) is 35.5 Å². The summed E-state index contributed by atoms with van der Waals surface area (Å²) in [5.74, 6) is 0.498. The van der Waals surface area contributed by atoms with Gasteiger partial charge in [0.25, 0.3) is 0 Å². The highest BCUT2D eigenvalue weighted by molar-refractivity contribution is 9.09. The molecule has 0 aromatic carbocycles. The second-order valence-electron chi connectivity index (χ2n) is 7.08. The van der Waals surface area contributed by atoms with Gasteiger partial charge >= 0.3 is 6.16 Å². The van der Waals surface area contributed by atoms with Gasteiger partial charge in [-0.25, -0.2) is 4.79 Å². The summed E-state index contributed by atoms with van der Waals surface area (Å²) in [5.41, 5.74) is 0. The van der Waals surface area contributed by atoms with Crippen molar-refractivity contribution in [2.75, 3.05) is 18.5 Å². The van der Waals surface area contributed by atoms with Crippen molar-refractivity contribution in [2.24, 2.45) is 5.92 Å². The number of carbonyl (C=O) groups excluding carboxylic acids is 1. The molecule has 0 spiro atoms. The Balaban J connectivity index is 3.92. The van der Waals surface area contributed by atoms with Crippen LogP contribution in [0.5, 0.6) is 0 Å². The van der Waals surface area contributed by atoms with E-state index in [2.05, 4.69) is 29.8 Å². The van der Waals surface area contributed by atoms with Gasteiger partial charge in [0.05, 0.1) is 13.2 Å². The highest BCUT2D eigenvalue weighted by Gasteiger charge is 2.13. The Morgan fingerprint density at radius 2 is 1.32 bits per heavy atom. The van der Waals surface area contributed by atoms with Crippen LogP contribution < -0.4 is 0 Å². The maximum Gasteiger partial charge on any atom is 0.508 e. The number of hydrogen-bond acceptors (Lipinski definition) is 3. The third-order valence-corrected chi connectivity index (χ3v) is 5.18. The van der Waals surface area contributed by atoms with Crippen molar-refractivity contribution >= 4 is 22.1 Å². The maximum absolute atomic E-state index is 11.7. The van der Waals surface area contributed by atoms with Crippen LogP contribution in [0, 0.1) is 5.92 Å². The van der Waals surface area contributed by atoms with E-state index in [1.54, 1.807) is 0 Å². The number of carbonyl (C=O) groups is 1. The molecule has 150 valence electrons. The summed E-state index contributed by atoms with van der Waals surface area (Å²) in [6.07, 6.45) is 16.8. The van der Waals surface area contributed by atoms with Crippen LogP contribution in [-0.2, 0) is 9.47 Å². The van der Waals surface area contributed by atoms with Gasteiger partial charge in [-0.15, -0.1) is 0 Å². The largest absolute Gasteiger partial charge is 0.508 e. The minimum Gasteiger partial charge on any atom is -0.434 e.